The van der Waals surface area contributed by atoms with Crippen molar-refractivity contribution in [1.29, 1.82) is 0 Å². The highest BCUT2D eigenvalue weighted by molar-refractivity contribution is 9.10. The molecule has 3 rings (SSSR count). The first-order valence-corrected chi connectivity index (χ1v) is 8.96. The summed E-state index contributed by atoms with van der Waals surface area (Å²) in [6.45, 7) is 4.80. The maximum Gasteiger partial charge on any atom is 0.251 e. The van der Waals surface area contributed by atoms with Crippen LogP contribution in [0.5, 0.6) is 0 Å². The largest absolute Gasteiger partial charge is 0.368 e. The molecule has 7 nitrogen and oxygen atoms in total. The van der Waals surface area contributed by atoms with Gasteiger partial charge < -0.3 is 10.6 Å². The quantitative estimate of drug-likeness (QED) is 0.605. The molecule has 0 unspecified atom stereocenters. The van der Waals surface area contributed by atoms with Gasteiger partial charge in [0.05, 0.1) is 0 Å². The standard InChI is InChI=1S/C18H19BrN6O/c1-12-23-16(11-17(24-12)25-10-9-20-13(25)2)21-7-8-22-18(26)14-3-5-15(19)6-4-14/h3-6,9-11H,7-8H2,1-2H3,(H,22,26)(H,21,23,24). The SMILES string of the molecule is Cc1nc(NCCNC(=O)c2ccc(Br)cc2)cc(-n2ccnc2C)n1. The van der Waals surface area contributed by atoms with E-state index in [0.29, 0.717) is 30.3 Å². The summed E-state index contributed by atoms with van der Waals surface area (Å²) in [4.78, 5) is 25.1. The average Bonchev–Trinajstić information content (AvgIpc) is 3.05. The summed E-state index contributed by atoms with van der Waals surface area (Å²) >= 11 is 3.36. The smallest absolute Gasteiger partial charge is 0.251 e. The zero-order valence-corrected chi connectivity index (χ0v) is 16.1. The number of anilines is 1. The summed E-state index contributed by atoms with van der Waals surface area (Å²) in [6.07, 6.45) is 3.59. The number of nitrogens with one attached hydrogen (secondary N) is 2. The van der Waals surface area contributed by atoms with Crippen LogP contribution in [0.15, 0.2) is 47.2 Å². The van der Waals surface area contributed by atoms with E-state index >= 15 is 0 Å². The van der Waals surface area contributed by atoms with Crippen molar-refractivity contribution in [3.63, 3.8) is 0 Å². The lowest BCUT2D eigenvalue weighted by Gasteiger charge is -2.10. The van der Waals surface area contributed by atoms with Gasteiger partial charge in [-0.3, -0.25) is 9.36 Å². The summed E-state index contributed by atoms with van der Waals surface area (Å²) in [7, 11) is 0. The zero-order valence-electron chi connectivity index (χ0n) is 14.5. The maximum atomic E-state index is 12.1. The number of carbonyl (C=O) groups is 1. The number of carbonyl (C=O) groups excluding carboxylic acids is 1. The Morgan fingerprint density at radius 3 is 2.62 bits per heavy atom. The van der Waals surface area contributed by atoms with Gasteiger partial charge >= 0.3 is 0 Å². The van der Waals surface area contributed by atoms with Crippen LogP contribution < -0.4 is 10.6 Å². The summed E-state index contributed by atoms with van der Waals surface area (Å²) in [5.74, 6) is 2.88. The number of aromatic nitrogens is 4. The Hall–Kier alpha value is -2.74. The first kappa shape index (κ1) is 18.1. The number of imidazole rings is 1. The highest BCUT2D eigenvalue weighted by atomic mass is 79.9. The first-order chi connectivity index (χ1) is 12.5. The summed E-state index contributed by atoms with van der Waals surface area (Å²) in [5, 5.41) is 6.10. The van der Waals surface area contributed by atoms with Crippen LogP contribution in [-0.4, -0.2) is 38.5 Å². The molecular formula is C18H19BrN6O. The van der Waals surface area contributed by atoms with Gasteiger partial charge in [0.1, 0.15) is 23.3 Å². The third-order valence-corrected chi connectivity index (χ3v) is 4.25. The first-order valence-electron chi connectivity index (χ1n) is 8.16. The molecule has 0 aliphatic heterocycles. The van der Waals surface area contributed by atoms with Crippen LogP contribution in [0.2, 0.25) is 0 Å². The van der Waals surface area contributed by atoms with Crippen molar-refractivity contribution in [2.24, 2.45) is 0 Å². The minimum absolute atomic E-state index is 0.104. The molecule has 1 amide bonds. The number of rotatable bonds is 6. The molecule has 134 valence electrons. The molecule has 0 spiro atoms. The predicted molar refractivity (Wildman–Crippen MR) is 104 cm³/mol. The molecule has 2 N–H and O–H groups in total. The van der Waals surface area contributed by atoms with E-state index in [1.165, 1.54) is 0 Å². The fraction of sp³-hybridized carbons (Fsp3) is 0.222. The maximum absolute atomic E-state index is 12.1. The minimum Gasteiger partial charge on any atom is -0.368 e. The molecule has 8 heteroatoms. The van der Waals surface area contributed by atoms with E-state index in [2.05, 4.69) is 41.5 Å². The molecule has 0 saturated carbocycles. The van der Waals surface area contributed by atoms with Crippen LogP contribution in [0, 0.1) is 13.8 Å². The lowest BCUT2D eigenvalue weighted by Crippen LogP contribution is -2.28. The molecule has 3 aromatic rings. The van der Waals surface area contributed by atoms with Crippen LogP contribution in [0.25, 0.3) is 5.82 Å². The van der Waals surface area contributed by atoms with Crippen LogP contribution in [0.3, 0.4) is 0 Å². The molecule has 2 aromatic heterocycles. The van der Waals surface area contributed by atoms with E-state index < -0.39 is 0 Å². The van der Waals surface area contributed by atoms with Crippen molar-refractivity contribution in [3.8, 4) is 5.82 Å². The Morgan fingerprint density at radius 2 is 1.92 bits per heavy atom. The van der Waals surface area contributed by atoms with Crippen LogP contribution in [0.4, 0.5) is 5.82 Å². The average molecular weight is 415 g/mol. The van der Waals surface area contributed by atoms with Gasteiger partial charge in [-0.05, 0) is 38.1 Å². The van der Waals surface area contributed by atoms with E-state index in [1.54, 1.807) is 18.3 Å². The third kappa shape index (κ3) is 4.45. The number of hydrogen-bond acceptors (Lipinski definition) is 5. The van der Waals surface area contributed by atoms with Gasteiger partial charge in [-0.15, -0.1) is 0 Å². The van der Waals surface area contributed by atoms with E-state index in [-0.39, 0.29) is 5.91 Å². The summed E-state index contributed by atoms with van der Waals surface area (Å²) < 4.78 is 2.84. The monoisotopic (exact) mass is 414 g/mol. The lowest BCUT2D eigenvalue weighted by atomic mass is 10.2. The Bertz CT molecular complexity index is 906. The lowest BCUT2D eigenvalue weighted by molar-refractivity contribution is 0.0955. The van der Waals surface area contributed by atoms with Crippen molar-refractivity contribution in [3.05, 3.63) is 64.4 Å². The molecule has 2 heterocycles. The van der Waals surface area contributed by atoms with Crippen molar-refractivity contribution in [2.45, 2.75) is 13.8 Å². The van der Waals surface area contributed by atoms with Gasteiger partial charge in [-0.2, -0.15) is 0 Å². The van der Waals surface area contributed by atoms with Crippen LogP contribution in [-0.2, 0) is 0 Å². The van der Waals surface area contributed by atoms with Crippen LogP contribution in [0.1, 0.15) is 22.0 Å². The molecule has 0 radical (unpaired) electrons. The number of benzene rings is 1. The molecular weight excluding hydrogens is 396 g/mol. The van der Waals surface area contributed by atoms with Crippen molar-refractivity contribution < 1.29 is 4.79 Å². The normalized spacial score (nSPS) is 10.6. The molecule has 0 saturated heterocycles. The number of amides is 1. The summed E-state index contributed by atoms with van der Waals surface area (Å²) in [5.41, 5.74) is 0.629. The molecule has 0 aliphatic rings. The highest BCUT2D eigenvalue weighted by Gasteiger charge is 2.07. The van der Waals surface area contributed by atoms with Gasteiger partial charge in [-0.25, -0.2) is 15.0 Å². The van der Waals surface area contributed by atoms with Crippen LogP contribution >= 0.6 is 15.9 Å². The minimum atomic E-state index is -0.104. The topological polar surface area (TPSA) is 84.7 Å². The second-order valence-corrected chi connectivity index (χ2v) is 6.61. The van der Waals surface area contributed by atoms with Gasteiger partial charge in [0, 0.05) is 41.6 Å². The van der Waals surface area contributed by atoms with E-state index in [1.807, 2.05) is 42.8 Å². The number of aryl methyl sites for hydroxylation is 2. The number of nitrogens with zero attached hydrogens (tertiary/aromatic N) is 4. The molecule has 26 heavy (non-hydrogen) atoms. The predicted octanol–water partition coefficient (Wildman–Crippen LogP) is 2.88. The van der Waals surface area contributed by atoms with Gasteiger partial charge in [-0.1, -0.05) is 15.9 Å². The van der Waals surface area contributed by atoms with Gasteiger partial charge in [0.15, 0.2) is 0 Å². The van der Waals surface area contributed by atoms with Gasteiger partial charge in [0.25, 0.3) is 5.91 Å². The molecule has 0 fully saturated rings. The fourth-order valence-corrected chi connectivity index (χ4v) is 2.72. The van der Waals surface area contributed by atoms with E-state index in [0.717, 1.165) is 16.1 Å². The number of hydrogen-bond donors (Lipinski definition) is 2. The number of halogens is 1. The van der Waals surface area contributed by atoms with Crippen molar-refractivity contribution >= 4 is 27.7 Å². The Morgan fingerprint density at radius 1 is 1.15 bits per heavy atom. The molecule has 1 aromatic carbocycles. The second kappa shape index (κ2) is 8.09. The Kier molecular flexibility index (Phi) is 5.62. The zero-order chi connectivity index (χ0) is 18.5. The van der Waals surface area contributed by atoms with Crippen molar-refractivity contribution in [2.75, 3.05) is 18.4 Å². The van der Waals surface area contributed by atoms with E-state index in [9.17, 15) is 4.79 Å². The molecule has 0 atom stereocenters. The Balaban J connectivity index is 1.56. The Labute approximate surface area is 160 Å². The molecule has 0 bridgehead atoms. The fourth-order valence-electron chi connectivity index (χ4n) is 2.46. The second-order valence-electron chi connectivity index (χ2n) is 5.69. The van der Waals surface area contributed by atoms with E-state index in [4.69, 9.17) is 0 Å². The highest BCUT2D eigenvalue weighted by Crippen LogP contribution is 2.13. The third-order valence-electron chi connectivity index (χ3n) is 3.72. The molecule has 0 aliphatic carbocycles. The summed E-state index contributed by atoms with van der Waals surface area (Å²) in [6, 6.07) is 9.10. The van der Waals surface area contributed by atoms with Gasteiger partial charge in [0.2, 0.25) is 0 Å². The van der Waals surface area contributed by atoms with Crippen molar-refractivity contribution in [1.82, 2.24) is 24.8 Å².